The fourth-order valence-corrected chi connectivity index (χ4v) is 3.72. The largest absolute Gasteiger partial charge is 0.459 e. The first-order valence-corrected chi connectivity index (χ1v) is 11.3. The van der Waals surface area contributed by atoms with Crippen molar-refractivity contribution in [1.29, 1.82) is 0 Å². The zero-order valence-corrected chi connectivity index (χ0v) is 18.8. The monoisotopic (exact) mass is 457 g/mol. The average molecular weight is 458 g/mol. The maximum atomic E-state index is 12.9. The summed E-state index contributed by atoms with van der Waals surface area (Å²) in [7, 11) is 0. The third-order valence-corrected chi connectivity index (χ3v) is 5.49. The van der Waals surface area contributed by atoms with E-state index in [4.69, 9.17) is 9.47 Å². The number of para-hydroxylation sites is 1. The minimum atomic E-state index is -0.879. The predicted molar refractivity (Wildman–Crippen MR) is 129 cm³/mol. The van der Waals surface area contributed by atoms with Crippen molar-refractivity contribution >= 4 is 23.0 Å². The summed E-state index contributed by atoms with van der Waals surface area (Å²) in [5.41, 5.74) is 3.88. The van der Waals surface area contributed by atoms with Crippen molar-refractivity contribution in [1.82, 2.24) is 15.3 Å². The molecule has 0 aliphatic rings. The summed E-state index contributed by atoms with van der Waals surface area (Å²) in [6.45, 7) is 0.375. The van der Waals surface area contributed by atoms with Crippen molar-refractivity contribution in [3.8, 4) is 0 Å². The van der Waals surface area contributed by atoms with Gasteiger partial charge in [-0.25, -0.2) is 9.59 Å². The molecule has 2 aromatic heterocycles. The number of pyridine rings is 1. The van der Waals surface area contributed by atoms with Crippen molar-refractivity contribution in [3.63, 3.8) is 0 Å². The molecule has 0 fully saturated rings. The van der Waals surface area contributed by atoms with E-state index >= 15 is 0 Å². The minimum Gasteiger partial charge on any atom is -0.459 e. The normalized spacial score (nSPS) is 11.6. The molecule has 1 amide bonds. The lowest BCUT2D eigenvalue weighted by Crippen LogP contribution is -2.43. The summed E-state index contributed by atoms with van der Waals surface area (Å²) in [6.07, 6.45) is 6.40. The number of ether oxygens (including phenoxy) is 2. The van der Waals surface area contributed by atoms with Crippen LogP contribution in [0.2, 0.25) is 0 Å². The third-order valence-electron chi connectivity index (χ3n) is 5.49. The Hall–Kier alpha value is -4.13. The molecule has 0 aliphatic carbocycles. The fraction of sp³-hybridized carbons (Fsp3) is 0.222. The predicted octanol–water partition coefficient (Wildman–Crippen LogP) is 4.58. The van der Waals surface area contributed by atoms with Crippen molar-refractivity contribution in [3.05, 3.63) is 102 Å². The first kappa shape index (κ1) is 23.0. The number of aromatic nitrogens is 2. The SMILES string of the molecule is O=C(NC(Cc1c[nH]c2ccccc12)C(=O)OCc1ccccc1)OCCCc1ccncc1. The molecule has 0 saturated heterocycles. The molecule has 4 rings (SSSR count). The molecule has 7 nitrogen and oxygen atoms in total. The van der Waals surface area contributed by atoms with Gasteiger partial charge in [-0.05, 0) is 47.7 Å². The van der Waals surface area contributed by atoms with Crippen LogP contribution in [-0.4, -0.2) is 34.7 Å². The van der Waals surface area contributed by atoms with Crippen LogP contribution in [0.4, 0.5) is 4.79 Å². The quantitative estimate of drug-likeness (QED) is 0.269. The highest BCUT2D eigenvalue weighted by Gasteiger charge is 2.25. The molecule has 0 bridgehead atoms. The van der Waals surface area contributed by atoms with Crippen LogP contribution in [0.3, 0.4) is 0 Å². The highest BCUT2D eigenvalue weighted by molar-refractivity contribution is 5.86. The number of aromatic amines is 1. The van der Waals surface area contributed by atoms with Crippen LogP contribution in [0.15, 0.2) is 85.3 Å². The molecule has 4 aromatic rings. The van der Waals surface area contributed by atoms with Gasteiger partial charge in [-0.2, -0.15) is 0 Å². The van der Waals surface area contributed by atoms with Crippen molar-refractivity contribution in [2.24, 2.45) is 0 Å². The molecule has 0 saturated carbocycles. The Morgan fingerprint density at radius 1 is 0.912 bits per heavy atom. The van der Waals surface area contributed by atoms with E-state index in [-0.39, 0.29) is 19.6 Å². The standard InChI is InChI=1S/C27H27N3O4/c31-26(34-19-21-7-2-1-3-8-21)25(17-22-18-29-24-11-5-4-10-23(22)24)30-27(32)33-16-6-9-20-12-14-28-15-13-20/h1-5,7-8,10-15,18,25,29H,6,9,16-17,19H2,(H,30,32). The van der Waals surface area contributed by atoms with E-state index in [9.17, 15) is 9.59 Å². The number of carbonyl (C=O) groups is 2. The summed E-state index contributed by atoms with van der Waals surface area (Å²) >= 11 is 0. The van der Waals surface area contributed by atoms with Crippen LogP contribution < -0.4 is 5.32 Å². The number of nitrogens with one attached hydrogen (secondary N) is 2. The van der Waals surface area contributed by atoms with E-state index < -0.39 is 18.1 Å². The summed E-state index contributed by atoms with van der Waals surface area (Å²) in [4.78, 5) is 32.6. The molecule has 7 heteroatoms. The van der Waals surface area contributed by atoms with E-state index in [1.54, 1.807) is 12.4 Å². The molecular formula is C27H27N3O4. The Kier molecular flexibility index (Phi) is 7.90. The Morgan fingerprint density at radius 2 is 1.68 bits per heavy atom. The van der Waals surface area contributed by atoms with Gasteiger partial charge in [0.15, 0.2) is 0 Å². The lowest BCUT2D eigenvalue weighted by atomic mass is 10.1. The lowest BCUT2D eigenvalue weighted by molar-refractivity contribution is -0.147. The smallest absolute Gasteiger partial charge is 0.407 e. The van der Waals surface area contributed by atoms with Gasteiger partial charge in [0.25, 0.3) is 0 Å². The van der Waals surface area contributed by atoms with E-state index in [1.165, 1.54) is 0 Å². The maximum Gasteiger partial charge on any atom is 0.407 e. The van der Waals surface area contributed by atoms with E-state index in [2.05, 4.69) is 15.3 Å². The maximum absolute atomic E-state index is 12.9. The van der Waals surface area contributed by atoms with Gasteiger partial charge in [-0.3, -0.25) is 4.98 Å². The number of benzene rings is 2. The Labute approximate surface area is 198 Å². The van der Waals surface area contributed by atoms with Gasteiger partial charge in [0, 0.05) is 35.9 Å². The highest BCUT2D eigenvalue weighted by Crippen LogP contribution is 2.19. The summed E-state index contributed by atoms with van der Waals surface area (Å²) < 4.78 is 10.8. The Balaban J connectivity index is 1.36. The Morgan fingerprint density at radius 3 is 2.50 bits per heavy atom. The van der Waals surface area contributed by atoms with Gasteiger partial charge in [0.2, 0.25) is 0 Å². The van der Waals surface area contributed by atoms with Crippen molar-refractivity contribution < 1.29 is 19.1 Å². The second-order valence-corrected chi connectivity index (χ2v) is 7.95. The fourth-order valence-electron chi connectivity index (χ4n) is 3.72. The highest BCUT2D eigenvalue weighted by atomic mass is 16.6. The number of amides is 1. The number of fused-ring (bicyclic) bond motifs is 1. The molecule has 0 aliphatic heterocycles. The molecule has 34 heavy (non-hydrogen) atoms. The molecule has 2 N–H and O–H groups in total. The third kappa shape index (κ3) is 6.45. The number of nitrogens with zero attached hydrogens (tertiary/aromatic N) is 1. The number of carbonyl (C=O) groups excluding carboxylic acids is 2. The average Bonchev–Trinajstić information content (AvgIpc) is 3.29. The second-order valence-electron chi connectivity index (χ2n) is 7.95. The number of aryl methyl sites for hydroxylation is 1. The molecule has 1 atom stereocenters. The molecule has 2 aromatic carbocycles. The summed E-state index contributed by atoms with van der Waals surface area (Å²) in [6, 6.07) is 20.2. The zero-order chi connectivity index (χ0) is 23.6. The van der Waals surface area contributed by atoms with Crippen LogP contribution in [0, 0.1) is 0 Å². The summed E-state index contributed by atoms with van der Waals surface area (Å²) in [5, 5.41) is 3.69. The molecular weight excluding hydrogens is 430 g/mol. The van der Waals surface area contributed by atoms with Gasteiger partial charge in [-0.1, -0.05) is 48.5 Å². The van der Waals surface area contributed by atoms with Crippen LogP contribution in [0.1, 0.15) is 23.1 Å². The van der Waals surface area contributed by atoms with Gasteiger partial charge in [-0.15, -0.1) is 0 Å². The van der Waals surface area contributed by atoms with Crippen molar-refractivity contribution in [2.45, 2.75) is 31.9 Å². The zero-order valence-electron chi connectivity index (χ0n) is 18.8. The number of H-pyrrole nitrogens is 1. The molecule has 1 unspecified atom stereocenters. The number of rotatable bonds is 10. The molecule has 0 radical (unpaired) electrons. The van der Waals surface area contributed by atoms with Crippen LogP contribution in [-0.2, 0) is 33.7 Å². The van der Waals surface area contributed by atoms with Gasteiger partial charge < -0.3 is 19.8 Å². The van der Waals surface area contributed by atoms with Crippen molar-refractivity contribution in [2.75, 3.05) is 6.61 Å². The topological polar surface area (TPSA) is 93.3 Å². The number of hydrogen-bond donors (Lipinski definition) is 2. The van der Waals surface area contributed by atoms with Gasteiger partial charge in [0.05, 0.1) is 6.61 Å². The second kappa shape index (κ2) is 11.7. The lowest BCUT2D eigenvalue weighted by Gasteiger charge is -2.17. The Bertz CT molecular complexity index is 1210. The number of esters is 1. The van der Waals surface area contributed by atoms with Gasteiger partial charge >= 0.3 is 12.1 Å². The van der Waals surface area contributed by atoms with Crippen LogP contribution >= 0.6 is 0 Å². The number of alkyl carbamates (subject to hydrolysis) is 1. The first-order valence-electron chi connectivity index (χ1n) is 11.3. The van der Waals surface area contributed by atoms with E-state index in [0.29, 0.717) is 6.42 Å². The number of hydrogen-bond acceptors (Lipinski definition) is 5. The molecule has 174 valence electrons. The molecule has 0 spiro atoms. The van der Waals surface area contributed by atoms with Gasteiger partial charge in [0.1, 0.15) is 12.6 Å². The molecule has 2 heterocycles. The first-order chi connectivity index (χ1) is 16.7. The minimum absolute atomic E-state index is 0.132. The summed E-state index contributed by atoms with van der Waals surface area (Å²) in [5.74, 6) is -0.511. The van der Waals surface area contributed by atoms with E-state index in [1.807, 2.05) is 72.9 Å². The van der Waals surface area contributed by atoms with E-state index in [0.717, 1.165) is 34.0 Å². The van der Waals surface area contributed by atoms with Crippen LogP contribution in [0.5, 0.6) is 0 Å². The van der Waals surface area contributed by atoms with Crippen LogP contribution in [0.25, 0.3) is 10.9 Å².